The van der Waals surface area contributed by atoms with Gasteiger partial charge in [0.1, 0.15) is 12.2 Å². The first-order chi connectivity index (χ1) is 13.0. The molecule has 0 aliphatic heterocycles. The summed E-state index contributed by atoms with van der Waals surface area (Å²) < 4.78 is 10.9. The summed E-state index contributed by atoms with van der Waals surface area (Å²) in [6, 6.07) is 18.5. The van der Waals surface area contributed by atoms with Gasteiger partial charge in [-0.1, -0.05) is 47.5 Å². The first kappa shape index (κ1) is 17.0. The molecule has 0 aliphatic rings. The molecule has 0 bridgehead atoms. The second kappa shape index (κ2) is 6.72. The summed E-state index contributed by atoms with van der Waals surface area (Å²) in [5.74, 6) is -0.413. The fourth-order valence-electron chi connectivity index (χ4n) is 3.45. The highest BCUT2D eigenvalue weighted by Crippen LogP contribution is 2.28. The van der Waals surface area contributed by atoms with Gasteiger partial charge in [0.15, 0.2) is 0 Å². The van der Waals surface area contributed by atoms with Crippen LogP contribution in [0.25, 0.3) is 21.7 Å². The number of aryl methyl sites for hydroxylation is 2. The maximum absolute atomic E-state index is 12.5. The molecule has 0 saturated carbocycles. The number of hydrogen-bond donors (Lipinski definition) is 0. The second-order valence-corrected chi connectivity index (χ2v) is 6.70. The van der Waals surface area contributed by atoms with Crippen LogP contribution < -0.4 is 5.63 Å². The number of rotatable bonds is 3. The Labute approximate surface area is 156 Å². The molecule has 4 rings (SSSR count). The Hall–Kier alpha value is -3.40. The van der Waals surface area contributed by atoms with Crippen molar-refractivity contribution in [2.45, 2.75) is 20.5 Å². The van der Waals surface area contributed by atoms with Crippen LogP contribution in [-0.2, 0) is 11.3 Å². The van der Waals surface area contributed by atoms with E-state index in [0.717, 1.165) is 27.3 Å². The van der Waals surface area contributed by atoms with Crippen LogP contribution in [0.1, 0.15) is 27.0 Å². The average molecular weight is 358 g/mol. The van der Waals surface area contributed by atoms with Crippen molar-refractivity contribution in [2.75, 3.05) is 0 Å². The third-order valence-electron chi connectivity index (χ3n) is 4.53. The molecule has 0 aliphatic carbocycles. The molecule has 0 saturated heterocycles. The first-order valence-corrected chi connectivity index (χ1v) is 8.71. The third kappa shape index (κ3) is 3.34. The van der Waals surface area contributed by atoms with Gasteiger partial charge in [0, 0.05) is 17.0 Å². The lowest BCUT2D eigenvalue weighted by atomic mass is 10.0. The lowest BCUT2D eigenvalue weighted by Crippen LogP contribution is -2.08. The van der Waals surface area contributed by atoms with Crippen molar-refractivity contribution < 1.29 is 13.9 Å². The summed E-state index contributed by atoms with van der Waals surface area (Å²) >= 11 is 0. The molecule has 3 aromatic carbocycles. The fraction of sp³-hybridized carbons (Fsp3) is 0.130. The van der Waals surface area contributed by atoms with E-state index >= 15 is 0 Å². The van der Waals surface area contributed by atoms with E-state index in [9.17, 15) is 9.59 Å². The van der Waals surface area contributed by atoms with Crippen LogP contribution in [0.2, 0.25) is 0 Å². The Morgan fingerprint density at radius 1 is 0.963 bits per heavy atom. The van der Waals surface area contributed by atoms with Gasteiger partial charge < -0.3 is 9.15 Å². The minimum Gasteiger partial charge on any atom is -0.457 e. The van der Waals surface area contributed by atoms with Gasteiger partial charge in [-0.25, -0.2) is 9.59 Å². The van der Waals surface area contributed by atoms with Crippen LogP contribution in [-0.4, -0.2) is 5.97 Å². The average Bonchev–Trinajstić information content (AvgIpc) is 2.64. The predicted octanol–water partition coefficient (Wildman–Crippen LogP) is 4.92. The van der Waals surface area contributed by atoms with Gasteiger partial charge in [0.2, 0.25) is 0 Å². The summed E-state index contributed by atoms with van der Waals surface area (Å²) in [5, 5.41) is 2.78. The minimum absolute atomic E-state index is 0.00192. The van der Waals surface area contributed by atoms with E-state index in [4.69, 9.17) is 9.15 Å². The summed E-state index contributed by atoms with van der Waals surface area (Å²) in [6.45, 7) is 3.87. The molecule has 27 heavy (non-hydrogen) atoms. The summed E-state index contributed by atoms with van der Waals surface area (Å²) in [4.78, 5) is 24.4. The number of ether oxygens (including phenoxy) is 1. The molecular weight excluding hydrogens is 340 g/mol. The highest BCUT2D eigenvalue weighted by Gasteiger charge is 2.13. The van der Waals surface area contributed by atoms with Crippen molar-refractivity contribution in [3.63, 3.8) is 0 Å². The number of carbonyl (C=O) groups excluding carboxylic acids is 1. The topological polar surface area (TPSA) is 56.5 Å². The Morgan fingerprint density at radius 2 is 1.70 bits per heavy atom. The third-order valence-corrected chi connectivity index (χ3v) is 4.53. The summed E-state index contributed by atoms with van der Waals surface area (Å²) in [7, 11) is 0. The van der Waals surface area contributed by atoms with Gasteiger partial charge in [-0.2, -0.15) is 0 Å². The zero-order chi connectivity index (χ0) is 19.0. The Balaban J connectivity index is 1.74. The van der Waals surface area contributed by atoms with Crippen molar-refractivity contribution in [3.05, 3.63) is 93.3 Å². The van der Waals surface area contributed by atoms with E-state index in [2.05, 4.69) is 0 Å². The van der Waals surface area contributed by atoms with Gasteiger partial charge in [-0.05, 0) is 42.8 Å². The molecule has 0 atom stereocenters. The number of carbonyl (C=O) groups is 1. The van der Waals surface area contributed by atoms with Crippen LogP contribution >= 0.6 is 0 Å². The predicted molar refractivity (Wildman–Crippen MR) is 105 cm³/mol. The van der Waals surface area contributed by atoms with E-state index in [1.165, 1.54) is 6.07 Å². The molecule has 134 valence electrons. The highest BCUT2D eigenvalue weighted by molar-refractivity contribution is 6.07. The van der Waals surface area contributed by atoms with Gasteiger partial charge in [0.05, 0.1) is 5.56 Å². The first-order valence-electron chi connectivity index (χ1n) is 8.71. The van der Waals surface area contributed by atoms with Crippen molar-refractivity contribution in [1.29, 1.82) is 0 Å². The summed E-state index contributed by atoms with van der Waals surface area (Å²) in [5.41, 5.74) is 3.16. The van der Waals surface area contributed by atoms with Crippen LogP contribution in [0.5, 0.6) is 0 Å². The molecule has 1 heterocycles. The van der Waals surface area contributed by atoms with Crippen LogP contribution in [0, 0.1) is 13.8 Å². The summed E-state index contributed by atoms with van der Waals surface area (Å²) in [6.07, 6.45) is 0. The molecule has 0 amide bonds. The van der Waals surface area contributed by atoms with Crippen molar-refractivity contribution in [3.8, 4) is 0 Å². The lowest BCUT2D eigenvalue weighted by Gasteiger charge is -2.10. The normalized spacial score (nSPS) is 11.0. The highest BCUT2D eigenvalue weighted by atomic mass is 16.5. The smallest absolute Gasteiger partial charge is 0.338 e. The van der Waals surface area contributed by atoms with E-state index in [1.807, 2.05) is 50.2 Å². The van der Waals surface area contributed by atoms with E-state index < -0.39 is 11.6 Å². The van der Waals surface area contributed by atoms with E-state index in [-0.39, 0.29) is 6.61 Å². The SMILES string of the molecule is Cc1cc(C)cc(C(=O)OCc2cc(=O)oc3ccc4ccccc4c23)c1. The largest absolute Gasteiger partial charge is 0.457 e. The van der Waals surface area contributed by atoms with Gasteiger partial charge in [-0.3, -0.25) is 0 Å². The molecule has 0 spiro atoms. The van der Waals surface area contributed by atoms with Crippen LogP contribution in [0.15, 0.2) is 69.9 Å². The number of fused-ring (bicyclic) bond motifs is 3. The van der Waals surface area contributed by atoms with Crippen LogP contribution in [0.3, 0.4) is 0 Å². The zero-order valence-corrected chi connectivity index (χ0v) is 15.1. The molecule has 1 aromatic heterocycles. The minimum atomic E-state index is -0.463. The molecule has 0 fully saturated rings. The Kier molecular flexibility index (Phi) is 4.24. The van der Waals surface area contributed by atoms with Crippen molar-refractivity contribution in [2.24, 2.45) is 0 Å². The molecule has 0 unspecified atom stereocenters. The molecule has 0 radical (unpaired) electrons. The van der Waals surface area contributed by atoms with E-state index in [0.29, 0.717) is 16.7 Å². The maximum Gasteiger partial charge on any atom is 0.338 e. The van der Waals surface area contributed by atoms with Gasteiger partial charge in [-0.15, -0.1) is 0 Å². The molecule has 4 heteroatoms. The standard InChI is InChI=1S/C23H18O4/c1-14-9-15(2)11-17(10-14)23(25)26-13-18-12-21(24)27-20-8-7-16-5-3-4-6-19(16)22(18)20/h3-12H,13H2,1-2H3. The van der Waals surface area contributed by atoms with Crippen molar-refractivity contribution in [1.82, 2.24) is 0 Å². The number of hydrogen-bond acceptors (Lipinski definition) is 4. The Morgan fingerprint density at radius 3 is 2.48 bits per heavy atom. The van der Waals surface area contributed by atoms with Crippen LogP contribution in [0.4, 0.5) is 0 Å². The van der Waals surface area contributed by atoms with Gasteiger partial charge >= 0.3 is 11.6 Å². The molecular formula is C23H18O4. The lowest BCUT2D eigenvalue weighted by molar-refractivity contribution is 0.0473. The quantitative estimate of drug-likeness (QED) is 0.296. The van der Waals surface area contributed by atoms with E-state index in [1.54, 1.807) is 18.2 Å². The fourth-order valence-corrected chi connectivity index (χ4v) is 3.45. The molecule has 4 aromatic rings. The maximum atomic E-state index is 12.5. The van der Waals surface area contributed by atoms with Gasteiger partial charge in [0.25, 0.3) is 0 Å². The number of benzene rings is 3. The monoisotopic (exact) mass is 358 g/mol. The zero-order valence-electron chi connectivity index (χ0n) is 15.1. The molecule has 0 N–H and O–H groups in total. The van der Waals surface area contributed by atoms with Crippen molar-refractivity contribution >= 4 is 27.7 Å². The number of esters is 1. The Bertz CT molecular complexity index is 1210. The molecule has 4 nitrogen and oxygen atoms in total. The second-order valence-electron chi connectivity index (χ2n) is 6.70.